The Hall–Kier alpha value is -3.23. The maximum atomic E-state index is 12.7. The van der Waals surface area contributed by atoms with Gasteiger partial charge in [-0.05, 0) is 29.8 Å². The van der Waals surface area contributed by atoms with Crippen molar-refractivity contribution in [2.75, 3.05) is 0 Å². The molecule has 1 heterocycles. The van der Waals surface area contributed by atoms with Gasteiger partial charge in [-0.3, -0.25) is 9.59 Å². The number of alkyl halides is 3. The topological polar surface area (TPSA) is 76.9 Å². The predicted octanol–water partition coefficient (Wildman–Crippen LogP) is 2.13. The standard InChI is InChI=1S/C17H13F3N4O2/c18-17(19,20)12-5-3-4-11(8-12)9-21-15(25)10-24-16(26)13-6-1-2-7-14(13)22-23-24/h1-8H,9-10H2,(H,21,25). The molecule has 9 heteroatoms. The number of aromatic nitrogens is 3. The summed E-state index contributed by atoms with van der Waals surface area (Å²) in [6.07, 6.45) is -4.45. The van der Waals surface area contributed by atoms with Crippen molar-refractivity contribution in [1.82, 2.24) is 20.3 Å². The highest BCUT2D eigenvalue weighted by Gasteiger charge is 2.30. The Labute approximate surface area is 145 Å². The van der Waals surface area contributed by atoms with Gasteiger partial charge in [-0.1, -0.05) is 29.5 Å². The number of carbonyl (C=O) groups is 1. The summed E-state index contributed by atoms with van der Waals surface area (Å²) in [5.74, 6) is -0.561. The molecule has 2 aromatic carbocycles. The van der Waals surface area contributed by atoms with Crippen molar-refractivity contribution in [2.24, 2.45) is 0 Å². The van der Waals surface area contributed by atoms with Crippen LogP contribution < -0.4 is 10.9 Å². The first kappa shape index (κ1) is 17.6. The Morgan fingerprint density at radius 2 is 1.88 bits per heavy atom. The molecule has 0 radical (unpaired) electrons. The first-order valence-electron chi connectivity index (χ1n) is 7.60. The number of fused-ring (bicyclic) bond motifs is 1. The minimum atomic E-state index is -4.45. The van der Waals surface area contributed by atoms with Crippen molar-refractivity contribution in [3.63, 3.8) is 0 Å². The smallest absolute Gasteiger partial charge is 0.350 e. The molecule has 1 aromatic heterocycles. The summed E-state index contributed by atoms with van der Waals surface area (Å²) >= 11 is 0. The van der Waals surface area contributed by atoms with Gasteiger partial charge in [-0.15, -0.1) is 5.10 Å². The Bertz CT molecular complexity index is 1010. The number of amides is 1. The van der Waals surface area contributed by atoms with Gasteiger partial charge in [0.2, 0.25) is 5.91 Å². The second-order valence-electron chi connectivity index (χ2n) is 5.54. The fourth-order valence-corrected chi connectivity index (χ4v) is 2.38. The molecule has 0 fully saturated rings. The van der Waals surface area contributed by atoms with Gasteiger partial charge in [-0.25, -0.2) is 4.68 Å². The first-order valence-corrected chi connectivity index (χ1v) is 7.60. The molecule has 0 saturated carbocycles. The zero-order chi connectivity index (χ0) is 18.7. The largest absolute Gasteiger partial charge is 0.416 e. The van der Waals surface area contributed by atoms with Crippen molar-refractivity contribution >= 4 is 16.8 Å². The quantitative estimate of drug-likeness (QED) is 0.771. The monoisotopic (exact) mass is 362 g/mol. The maximum Gasteiger partial charge on any atom is 0.416 e. The fourth-order valence-electron chi connectivity index (χ4n) is 2.38. The van der Waals surface area contributed by atoms with E-state index in [1.165, 1.54) is 12.1 Å². The van der Waals surface area contributed by atoms with Crippen LogP contribution in [0.25, 0.3) is 10.9 Å². The number of carbonyl (C=O) groups excluding carboxylic acids is 1. The SMILES string of the molecule is O=C(Cn1nnc2ccccc2c1=O)NCc1cccc(C(F)(F)F)c1. The second kappa shape index (κ2) is 6.95. The van der Waals surface area contributed by atoms with E-state index in [0.717, 1.165) is 16.8 Å². The van der Waals surface area contributed by atoms with E-state index in [2.05, 4.69) is 15.6 Å². The van der Waals surface area contributed by atoms with E-state index in [-0.39, 0.29) is 13.1 Å². The lowest BCUT2D eigenvalue weighted by molar-refractivity contribution is -0.137. The van der Waals surface area contributed by atoms with E-state index in [1.54, 1.807) is 24.3 Å². The molecular weight excluding hydrogens is 349 g/mol. The van der Waals surface area contributed by atoms with Crippen LogP contribution in [-0.2, 0) is 24.1 Å². The van der Waals surface area contributed by atoms with E-state index in [1.807, 2.05) is 0 Å². The van der Waals surface area contributed by atoms with Crippen LogP contribution in [0.15, 0.2) is 53.3 Å². The summed E-state index contributed by atoms with van der Waals surface area (Å²) in [5, 5.41) is 10.3. The molecule has 0 atom stereocenters. The van der Waals surface area contributed by atoms with E-state index in [0.29, 0.717) is 16.5 Å². The van der Waals surface area contributed by atoms with Gasteiger partial charge >= 0.3 is 6.18 Å². The molecule has 26 heavy (non-hydrogen) atoms. The lowest BCUT2D eigenvalue weighted by Gasteiger charge is -2.10. The summed E-state index contributed by atoms with van der Waals surface area (Å²) in [5.41, 5.74) is -0.547. The third-order valence-electron chi connectivity index (χ3n) is 3.67. The number of hydrogen-bond acceptors (Lipinski definition) is 4. The Morgan fingerprint density at radius 3 is 2.65 bits per heavy atom. The van der Waals surface area contributed by atoms with E-state index in [9.17, 15) is 22.8 Å². The van der Waals surface area contributed by atoms with Crippen LogP contribution in [0.2, 0.25) is 0 Å². The normalized spacial score (nSPS) is 11.5. The molecule has 0 aliphatic heterocycles. The van der Waals surface area contributed by atoms with Crippen LogP contribution >= 0.6 is 0 Å². The molecule has 134 valence electrons. The average molecular weight is 362 g/mol. The van der Waals surface area contributed by atoms with Gasteiger partial charge in [0, 0.05) is 6.54 Å². The number of rotatable bonds is 4. The van der Waals surface area contributed by atoms with Crippen LogP contribution in [0.5, 0.6) is 0 Å². The van der Waals surface area contributed by atoms with Crippen LogP contribution in [0.4, 0.5) is 13.2 Å². The van der Waals surface area contributed by atoms with Crippen LogP contribution in [0.1, 0.15) is 11.1 Å². The van der Waals surface area contributed by atoms with E-state index in [4.69, 9.17) is 0 Å². The zero-order valence-corrected chi connectivity index (χ0v) is 13.3. The first-order chi connectivity index (χ1) is 12.3. The molecule has 0 bridgehead atoms. The summed E-state index contributed by atoms with van der Waals surface area (Å²) in [6, 6.07) is 11.2. The van der Waals surface area contributed by atoms with Gasteiger partial charge in [0.1, 0.15) is 12.1 Å². The summed E-state index contributed by atoms with van der Waals surface area (Å²) in [7, 11) is 0. The van der Waals surface area contributed by atoms with Crippen molar-refractivity contribution in [3.05, 3.63) is 70.0 Å². The summed E-state index contributed by atoms with van der Waals surface area (Å²) < 4.78 is 39.0. The Balaban J connectivity index is 1.69. The second-order valence-corrected chi connectivity index (χ2v) is 5.54. The third-order valence-corrected chi connectivity index (χ3v) is 3.67. The van der Waals surface area contributed by atoms with Crippen LogP contribution in [0, 0.1) is 0 Å². The lowest BCUT2D eigenvalue weighted by Crippen LogP contribution is -2.34. The highest BCUT2D eigenvalue weighted by molar-refractivity contribution is 5.78. The van der Waals surface area contributed by atoms with Gasteiger partial charge < -0.3 is 5.32 Å². The average Bonchev–Trinajstić information content (AvgIpc) is 2.62. The number of nitrogens with one attached hydrogen (secondary N) is 1. The minimum Gasteiger partial charge on any atom is -0.350 e. The Morgan fingerprint density at radius 1 is 1.12 bits per heavy atom. The van der Waals surface area contributed by atoms with Crippen molar-refractivity contribution < 1.29 is 18.0 Å². The van der Waals surface area contributed by atoms with E-state index >= 15 is 0 Å². The molecule has 0 aliphatic carbocycles. The van der Waals surface area contributed by atoms with Crippen LogP contribution in [-0.4, -0.2) is 20.9 Å². The summed E-state index contributed by atoms with van der Waals surface area (Å²) in [4.78, 5) is 24.2. The van der Waals surface area contributed by atoms with Gasteiger partial charge in [0.25, 0.3) is 5.56 Å². The number of hydrogen-bond donors (Lipinski definition) is 1. The highest BCUT2D eigenvalue weighted by Crippen LogP contribution is 2.29. The lowest BCUT2D eigenvalue weighted by atomic mass is 10.1. The van der Waals surface area contributed by atoms with Crippen molar-refractivity contribution in [1.29, 1.82) is 0 Å². The van der Waals surface area contributed by atoms with Gasteiger partial charge in [-0.2, -0.15) is 13.2 Å². The van der Waals surface area contributed by atoms with Gasteiger partial charge in [0.05, 0.1) is 10.9 Å². The summed E-state index contributed by atoms with van der Waals surface area (Å²) in [6.45, 7) is -0.478. The number of halogens is 3. The molecule has 0 saturated heterocycles. The maximum absolute atomic E-state index is 12.7. The molecular formula is C17H13F3N4O2. The van der Waals surface area contributed by atoms with Gasteiger partial charge in [0.15, 0.2) is 0 Å². The molecule has 0 spiro atoms. The predicted molar refractivity (Wildman–Crippen MR) is 87.1 cm³/mol. The molecule has 6 nitrogen and oxygen atoms in total. The molecule has 0 aliphatic rings. The van der Waals surface area contributed by atoms with Crippen LogP contribution in [0.3, 0.4) is 0 Å². The van der Waals surface area contributed by atoms with Crippen molar-refractivity contribution in [3.8, 4) is 0 Å². The minimum absolute atomic E-state index is 0.0987. The number of nitrogens with zero attached hydrogens (tertiary/aromatic N) is 3. The molecule has 0 unspecified atom stereocenters. The fraction of sp³-hybridized carbons (Fsp3) is 0.176. The Kier molecular flexibility index (Phi) is 4.70. The zero-order valence-electron chi connectivity index (χ0n) is 13.3. The number of benzene rings is 2. The molecule has 1 N–H and O–H groups in total. The highest BCUT2D eigenvalue weighted by atomic mass is 19.4. The molecule has 1 amide bonds. The molecule has 3 rings (SSSR count). The van der Waals surface area contributed by atoms with Crippen molar-refractivity contribution in [2.45, 2.75) is 19.3 Å². The van der Waals surface area contributed by atoms with E-state index < -0.39 is 23.2 Å². The molecule has 3 aromatic rings. The third kappa shape index (κ3) is 3.88.